The normalized spacial score (nSPS) is 25.2. The molecule has 0 aromatic rings. The molecule has 0 aromatic carbocycles. The number of carbonyl (C=O) groups is 2. The van der Waals surface area contributed by atoms with Gasteiger partial charge in [-0.15, -0.1) is 0 Å². The highest BCUT2D eigenvalue weighted by atomic mass is 32.2. The number of nitrogens with zero attached hydrogens (tertiary/aromatic N) is 2. The minimum absolute atomic E-state index is 0.217. The zero-order valence-electron chi connectivity index (χ0n) is 12.6. The number of esters is 1. The van der Waals surface area contributed by atoms with Crippen molar-refractivity contribution in [1.82, 2.24) is 8.61 Å². The van der Waals surface area contributed by atoms with Crippen LogP contribution in [0.4, 0.5) is 0 Å². The van der Waals surface area contributed by atoms with E-state index < -0.39 is 22.2 Å². The van der Waals surface area contributed by atoms with Crippen LogP contribution in [0, 0.1) is 5.92 Å². The molecule has 0 amide bonds. The summed E-state index contributed by atoms with van der Waals surface area (Å²) in [6, 6.07) is -0.979. The number of piperidine rings is 1. The van der Waals surface area contributed by atoms with Gasteiger partial charge in [0.2, 0.25) is 0 Å². The van der Waals surface area contributed by atoms with Gasteiger partial charge in [0.1, 0.15) is 6.04 Å². The monoisotopic (exact) mass is 334 g/mol. The number of carboxylic acids is 1. The van der Waals surface area contributed by atoms with E-state index in [1.54, 1.807) is 6.92 Å². The van der Waals surface area contributed by atoms with Gasteiger partial charge in [-0.3, -0.25) is 9.59 Å². The first-order valence-corrected chi connectivity index (χ1v) is 8.94. The maximum atomic E-state index is 12.6. The van der Waals surface area contributed by atoms with Crippen molar-refractivity contribution in [1.29, 1.82) is 0 Å². The maximum Gasteiger partial charge on any atom is 0.322 e. The molecular formula is C13H22N2O6S. The van der Waals surface area contributed by atoms with E-state index in [1.165, 1.54) is 4.31 Å². The molecule has 8 nitrogen and oxygen atoms in total. The number of hydrogen-bond donors (Lipinski definition) is 1. The number of carbonyl (C=O) groups excluding carboxylic acids is 1. The van der Waals surface area contributed by atoms with Crippen molar-refractivity contribution >= 4 is 22.1 Å². The van der Waals surface area contributed by atoms with Gasteiger partial charge in [0.15, 0.2) is 0 Å². The summed E-state index contributed by atoms with van der Waals surface area (Å²) in [5.41, 5.74) is 0. The molecule has 2 saturated heterocycles. The Hall–Kier alpha value is -1.19. The lowest BCUT2D eigenvalue weighted by molar-refractivity contribution is -0.149. The zero-order valence-corrected chi connectivity index (χ0v) is 13.4. The highest BCUT2D eigenvalue weighted by Crippen LogP contribution is 2.27. The third kappa shape index (κ3) is 3.41. The molecule has 1 atom stereocenters. The molecule has 2 rings (SSSR count). The number of ether oxygens (including phenoxy) is 1. The van der Waals surface area contributed by atoms with E-state index in [9.17, 15) is 18.0 Å². The van der Waals surface area contributed by atoms with Crippen LogP contribution < -0.4 is 0 Å². The Kier molecular flexibility index (Phi) is 5.41. The van der Waals surface area contributed by atoms with E-state index in [4.69, 9.17) is 9.84 Å². The average molecular weight is 334 g/mol. The van der Waals surface area contributed by atoms with Crippen molar-refractivity contribution in [3.05, 3.63) is 0 Å². The molecule has 0 unspecified atom stereocenters. The quantitative estimate of drug-likeness (QED) is 0.713. The largest absolute Gasteiger partial charge is 0.480 e. The van der Waals surface area contributed by atoms with Gasteiger partial charge >= 0.3 is 11.9 Å². The lowest BCUT2D eigenvalue weighted by Crippen LogP contribution is -2.51. The second kappa shape index (κ2) is 6.93. The van der Waals surface area contributed by atoms with Gasteiger partial charge < -0.3 is 9.84 Å². The molecule has 9 heteroatoms. The van der Waals surface area contributed by atoms with Crippen LogP contribution >= 0.6 is 0 Å². The van der Waals surface area contributed by atoms with Crippen LogP contribution in [0.5, 0.6) is 0 Å². The van der Waals surface area contributed by atoms with Crippen LogP contribution in [0.15, 0.2) is 0 Å². The standard InChI is InChI=1S/C13H22N2O6S/c1-2-21-13(18)10-5-8-14(9-6-10)22(19,20)15-7-3-4-11(15)12(16)17/h10-11H,2-9H2,1H3,(H,16,17)/t11-/m0/s1. The predicted octanol–water partition coefficient (Wildman–Crippen LogP) is 0.0553. The highest BCUT2D eigenvalue weighted by Gasteiger charge is 2.43. The fourth-order valence-electron chi connectivity index (χ4n) is 2.99. The Morgan fingerprint density at radius 2 is 1.82 bits per heavy atom. The molecule has 0 saturated carbocycles. The third-order valence-corrected chi connectivity index (χ3v) is 6.23. The van der Waals surface area contributed by atoms with E-state index in [0.29, 0.717) is 32.3 Å². The van der Waals surface area contributed by atoms with Crippen LogP contribution in [0.2, 0.25) is 0 Å². The smallest absolute Gasteiger partial charge is 0.322 e. The van der Waals surface area contributed by atoms with Crippen LogP contribution in [0.1, 0.15) is 32.6 Å². The van der Waals surface area contributed by atoms with E-state index in [0.717, 1.165) is 4.31 Å². The summed E-state index contributed by atoms with van der Waals surface area (Å²) < 4.78 is 32.5. The summed E-state index contributed by atoms with van der Waals surface area (Å²) >= 11 is 0. The van der Waals surface area contributed by atoms with E-state index in [-0.39, 0.29) is 31.5 Å². The molecule has 2 heterocycles. The summed E-state index contributed by atoms with van der Waals surface area (Å²) in [6.45, 7) is 2.71. The van der Waals surface area contributed by atoms with Crippen molar-refractivity contribution in [3.8, 4) is 0 Å². The highest BCUT2D eigenvalue weighted by molar-refractivity contribution is 7.86. The topological polar surface area (TPSA) is 104 Å². The molecular weight excluding hydrogens is 312 g/mol. The van der Waals surface area contributed by atoms with Crippen LogP contribution in [-0.4, -0.2) is 66.4 Å². The Morgan fingerprint density at radius 3 is 2.36 bits per heavy atom. The summed E-state index contributed by atoms with van der Waals surface area (Å²) in [5.74, 6) is -1.67. The first-order chi connectivity index (χ1) is 10.4. The second-order valence-corrected chi connectivity index (χ2v) is 7.42. The molecule has 2 aliphatic heterocycles. The molecule has 126 valence electrons. The van der Waals surface area contributed by atoms with Crippen LogP contribution in [0.25, 0.3) is 0 Å². The van der Waals surface area contributed by atoms with Crippen LogP contribution in [0.3, 0.4) is 0 Å². The number of carboxylic acid groups (broad SMARTS) is 1. The van der Waals surface area contributed by atoms with Crippen molar-refractivity contribution in [2.24, 2.45) is 5.92 Å². The first kappa shape index (κ1) is 17.2. The molecule has 0 aromatic heterocycles. The lowest BCUT2D eigenvalue weighted by atomic mass is 9.98. The van der Waals surface area contributed by atoms with Gasteiger partial charge in [0.05, 0.1) is 12.5 Å². The van der Waals surface area contributed by atoms with Crippen molar-refractivity contribution < 1.29 is 27.9 Å². The lowest BCUT2D eigenvalue weighted by Gasteiger charge is -2.34. The molecule has 22 heavy (non-hydrogen) atoms. The Balaban J connectivity index is 2.00. The van der Waals surface area contributed by atoms with Gasteiger partial charge in [-0.05, 0) is 32.6 Å². The molecule has 2 aliphatic rings. The number of hydrogen-bond acceptors (Lipinski definition) is 5. The van der Waals surface area contributed by atoms with Gasteiger partial charge in [-0.25, -0.2) is 0 Å². The van der Waals surface area contributed by atoms with E-state index in [2.05, 4.69) is 0 Å². The Bertz CT molecular complexity index is 527. The maximum absolute atomic E-state index is 12.6. The molecule has 0 radical (unpaired) electrons. The first-order valence-electron chi connectivity index (χ1n) is 7.54. The summed E-state index contributed by atoms with van der Waals surface area (Å²) in [5, 5.41) is 9.13. The van der Waals surface area contributed by atoms with Crippen molar-refractivity contribution in [2.45, 2.75) is 38.6 Å². The Labute approximate surface area is 130 Å². The molecule has 1 N–H and O–H groups in total. The van der Waals surface area contributed by atoms with Gasteiger partial charge in [-0.2, -0.15) is 17.0 Å². The third-order valence-electron chi connectivity index (χ3n) is 4.19. The number of rotatable bonds is 5. The fourth-order valence-corrected chi connectivity index (χ4v) is 4.84. The molecule has 2 fully saturated rings. The summed E-state index contributed by atoms with van der Waals surface area (Å²) in [4.78, 5) is 22.8. The van der Waals surface area contributed by atoms with E-state index >= 15 is 0 Å². The Morgan fingerprint density at radius 1 is 1.18 bits per heavy atom. The molecule has 0 aliphatic carbocycles. The fraction of sp³-hybridized carbons (Fsp3) is 0.846. The van der Waals surface area contributed by atoms with Crippen molar-refractivity contribution in [2.75, 3.05) is 26.2 Å². The minimum atomic E-state index is -3.78. The van der Waals surface area contributed by atoms with Gasteiger partial charge in [0, 0.05) is 19.6 Å². The average Bonchev–Trinajstić information content (AvgIpc) is 2.98. The summed E-state index contributed by atoms with van der Waals surface area (Å²) in [7, 11) is -3.78. The zero-order chi connectivity index (χ0) is 16.3. The summed E-state index contributed by atoms with van der Waals surface area (Å²) in [6.07, 6.45) is 1.70. The SMILES string of the molecule is CCOC(=O)C1CCN(S(=O)(=O)N2CCC[C@H]2C(=O)O)CC1. The molecule has 0 spiro atoms. The van der Waals surface area contributed by atoms with Gasteiger partial charge in [-0.1, -0.05) is 0 Å². The van der Waals surface area contributed by atoms with E-state index in [1.807, 2.05) is 0 Å². The minimum Gasteiger partial charge on any atom is -0.480 e. The van der Waals surface area contributed by atoms with Crippen LogP contribution in [-0.2, 0) is 24.5 Å². The molecule has 0 bridgehead atoms. The second-order valence-electron chi connectivity index (χ2n) is 5.54. The van der Waals surface area contributed by atoms with Crippen molar-refractivity contribution in [3.63, 3.8) is 0 Å². The number of aliphatic carboxylic acids is 1. The predicted molar refractivity (Wildman–Crippen MR) is 77.2 cm³/mol. The van der Waals surface area contributed by atoms with Gasteiger partial charge in [0.25, 0.3) is 10.2 Å².